The monoisotopic (exact) mass is 313 g/mol. The van der Waals surface area contributed by atoms with Crippen molar-refractivity contribution >= 4 is 15.9 Å². The Kier molecular flexibility index (Phi) is 7.14. The molecule has 1 aromatic carbocycles. The fourth-order valence-electron chi connectivity index (χ4n) is 1.91. The summed E-state index contributed by atoms with van der Waals surface area (Å²) in [7, 11) is -1.89. The first-order valence-electron chi connectivity index (χ1n) is 7.39. The molecule has 0 aliphatic carbocycles. The first-order chi connectivity index (χ1) is 9.86. The maximum absolute atomic E-state index is 12.3. The number of aryl methyl sites for hydroxylation is 2. The molecule has 2 N–H and O–H groups in total. The fourth-order valence-corrected chi connectivity index (χ4v) is 2.93. The summed E-state index contributed by atoms with van der Waals surface area (Å²) in [6, 6.07) is 5.74. The predicted octanol–water partition coefficient (Wildman–Crippen LogP) is 2.28. The van der Waals surface area contributed by atoms with Crippen molar-refractivity contribution in [2.24, 2.45) is 0 Å². The van der Waals surface area contributed by atoms with Crippen LogP contribution in [0.15, 0.2) is 18.2 Å². The molecule has 0 unspecified atom stereocenters. The van der Waals surface area contributed by atoms with Gasteiger partial charge in [-0.1, -0.05) is 19.1 Å². The molecule has 0 saturated carbocycles. The number of hydrogen-bond acceptors (Lipinski definition) is 3. The highest BCUT2D eigenvalue weighted by atomic mass is 32.2. The van der Waals surface area contributed by atoms with Gasteiger partial charge in [-0.05, 0) is 57.0 Å². The third kappa shape index (κ3) is 6.03. The lowest BCUT2D eigenvalue weighted by Gasteiger charge is -2.19. The van der Waals surface area contributed by atoms with Crippen LogP contribution in [0.3, 0.4) is 0 Å². The Bertz CT molecular complexity index is 544. The Morgan fingerprint density at radius 1 is 1.19 bits per heavy atom. The second-order valence-corrected chi connectivity index (χ2v) is 7.13. The van der Waals surface area contributed by atoms with Gasteiger partial charge in [0.05, 0.1) is 5.69 Å². The van der Waals surface area contributed by atoms with Crippen LogP contribution in [-0.2, 0) is 10.2 Å². The summed E-state index contributed by atoms with van der Waals surface area (Å²) in [5, 5.41) is 3.27. The zero-order valence-electron chi connectivity index (χ0n) is 13.4. The topological polar surface area (TPSA) is 61.4 Å². The van der Waals surface area contributed by atoms with Gasteiger partial charge in [0.15, 0.2) is 0 Å². The molecule has 0 bridgehead atoms. The molecule has 0 saturated heterocycles. The molecule has 0 aliphatic heterocycles. The summed E-state index contributed by atoms with van der Waals surface area (Å²) in [4.78, 5) is 0. The molecule has 0 radical (unpaired) electrons. The van der Waals surface area contributed by atoms with Crippen LogP contribution in [0.4, 0.5) is 5.69 Å². The quantitative estimate of drug-likeness (QED) is 0.688. The van der Waals surface area contributed by atoms with Crippen molar-refractivity contribution in [1.29, 1.82) is 0 Å². The van der Waals surface area contributed by atoms with Crippen molar-refractivity contribution in [3.8, 4) is 0 Å². The molecule has 0 heterocycles. The normalized spacial score (nSPS) is 11.9. The molecule has 6 heteroatoms. The van der Waals surface area contributed by atoms with Crippen molar-refractivity contribution in [1.82, 2.24) is 9.62 Å². The van der Waals surface area contributed by atoms with E-state index in [0.717, 1.165) is 37.1 Å². The Morgan fingerprint density at radius 3 is 2.57 bits per heavy atom. The molecule has 0 aromatic heterocycles. The molecule has 0 amide bonds. The predicted molar refractivity (Wildman–Crippen MR) is 88.9 cm³/mol. The van der Waals surface area contributed by atoms with Crippen LogP contribution in [-0.4, -0.2) is 39.4 Å². The summed E-state index contributed by atoms with van der Waals surface area (Å²) in [6.45, 7) is 8.25. The minimum atomic E-state index is -3.49. The van der Waals surface area contributed by atoms with E-state index in [-0.39, 0.29) is 0 Å². The molecular formula is C15H27N3O2S. The van der Waals surface area contributed by atoms with Crippen molar-refractivity contribution in [3.63, 3.8) is 0 Å². The SMILES string of the molecule is CCCNCCCN(C)S(=O)(=O)Nc1cc(C)ccc1C. The molecule has 0 atom stereocenters. The Hall–Kier alpha value is -1.11. The lowest BCUT2D eigenvalue weighted by atomic mass is 10.1. The summed E-state index contributed by atoms with van der Waals surface area (Å²) in [5.74, 6) is 0. The molecule has 0 spiro atoms. The maximum Gasteiger partial charge on any atom is 0.301 e. The third-order valence-corrected chi connectivity index (χ3v) is 4.78. The van der Waals surface area contributed by atoms with Gasteiger partial charge in [0.1, 0.15) is 0 Å². The molecular weight excluding hydrogens is 286 g/mol. The van der Waals surface area contributed by atoms with Gasteiger partial charge >= 0.3 is 10.2 Å². The summed E-state index contributed by atoms with van der Waals surface area (Å²) in [6.07, 6.45) is 1.88. The van der Waals surface area contributed by atoms with Crippen molar-refractivity contribution in [2.75, 3.05) is 31.4 Å². The van der Waals surface area contributed by atoms with Gasteiger partial charge < -0.3 is 5.32 Å². The van der Waals surface area contributed by atoms with E-state index in [1.165, 1.54) is 4.31 Å². The number of rotatable bonds is 9. The van der Waals surface area contributed by atoms with E-state index in [2.05, 4.69) is 17.0 Å². The van der Waals surface area contributed by atoms with Crippen LogP contribution in [0.25, 0.3) is 0 Å². The van der Waals surface area contributed by atoms with E-state index in [1.54, 1.807) is 7.05 Å². The van der Waals surface area contributed by atoms with E-state index >= 15 is 0 Å². The molecule has 1 rings (SSSR count). The minimum Gasteiger partial charge on any atom is -0.317 e. The zero-order valence-corrected chi connectivity index (χ0v) is 14.3. The largest absolute Gasteiger partial charge is 0.317 e. The van der Waals surface area contributed by atoms with Crippen LogP contribution in [0.5, 0.6) is 0 Å². The molecule has 120 valence electrons. The van der Waals surface area contributed by atoms with E-state index in [0.29, 0.717) is 12.2 Å². The van der Waals surface area contributed by atoms with E-state index in [1.807, 2.05) is 32.0 Å². The van der Waals surface area contributed by atoms with E-state index in [4.69, 9.17) is 0 Å². The Morgan fingerprint density at radius 2 is 1.90 bits per heavy atom. The first kappa shape index (κ1) is 17.9. The summed E-state index contributed by atoms with van der Waals surface area (Å²) < 4.78 is 28.6. The van der Waals surface area contributed by atoms with Crippen molar-refractivity contribution in [2.45, 2.75) is 33.6 Å². The van der Waals surface area contributed by atoms with Gasteiger partial charge in [0.25, 0.3) is 0 Å². The van der Waals surface area contributed by atoms with Gasteiger partial charge in [-0.2, -0.15) is 12.7 Å². The van der Waals surface area contributed by atoms with E-state index < -0.39 is 10.2 Å². The van der Waals surface area contributed by atoms with Crippen LogP contribution < -0.4 is 10.0 Å². The standard InChI is InChI=1S/C15H27N3O2S/c1-5-9-16-10-6-11-18(4)21(19,20)17-15-12-13(2)7-8-14(15)3/h7-8,12,16-17H,5-6,9-11H2,1-4H3. The number of anilines is 1. The van der Waals surface area contributed by atoms with Gasteiger partial charge in [-0.3, -0.25) is 4.72 Å². The highest BCUT2D eigenvalue weighted by Gasteiger charge is 2.17. The van der Waals surface area contributed by atoms with Crippen molar-refractivity contribution < 1.29 is 8.42 Å². The second kappa shape index (κ2) is 8.36. The van der Waals surface area contributed by atoms with Crippen LogP contribution in [0.2, 0.25) is 0 Å². The average Bonchev–Trinajstić information content (AvgIpc) is 2.42. The third-order valence-electron chi connectivity index (χ3n) is 3.30. The molecule has 0 aliphatic rings. The van der Waals surface area contributed by atoms with E-state index in [9.17, 15) is 8.42 Å². The van der Waals surface area contributed by atoms with Gasteiger partial charge in [0.2, 0.25) is 0 Å². The Balaban J connectivity index is 2.57. The summed E-state index contributed by atoms with van der Waals surface area (Å²) in [5.41, 5.74) is 2.60. The fraction of sp³-hybridized carbons (Fsp3) is 0.600. The number of nitrogens with one attached hydrogen (secondary N) is 2. The Labute approximate surface area is 128 Å². The number of hydrogen-bond donors (Lipinski definition) is 2. The average molecular weight is 313 g/mol. The molecule has 21 heavy (non-hydrogen) atoms. The van der Waals surface area contributed by atoms with Crippen LogP contribution in [0.1, 0.15) is 30.9 Å². The first-order valence-corrected chi connectivity index (χ1v) is 8.83. The number of nitrogens with zero attached hydrogens (tertiary/aromatic N) is 1. The molecule has 5 nitrogen and oxygen atoms in total. The van der Waals surface area contributed by atoms with Gasteiger partial charge in [0, 0.05) is 13.6 Å². The van der Waals surface area contributed by atoms with Crippen LogP contribution >= 0.6 is 0 Å². The highest BCUT2D eigenvalue weighted by Crippen LogP contribution is 2.18. The van der Waals surface area contributed by atoms with Gasteiger partial charge in [-0.25, -0.2) is 0 Å². The molecule has 0 fully saturated rings. The zero-order chi connectivity index (χ0) is 15.9. The summed E-state index contributed by atoms with van der Waals surface area (Å²) >= 11 is 0. The lowest BCUT2D eigenvalue weighted by Crippen LogP contribution is -2.34. The smallest absolute Gasteiger partial charge is 0.301 e. The number of benzene rings is 1. The van der Waals surface area contributed by atoms with Gasteiger partial charge in [-0.15, -0.1) is 0 Å². The lowest BCUT2D eigenvalue weighted by molar-refractivity contribution is 0.458. The maximum atomic E-state index is 12.3. The minimum absolute atomic E-state index is 0.497. The molecule has 1 aromatic rings. The van der Waals surface area contributed by atoms with Crippen molar-refractivity contribution in [3.05, 3.63) is 29.3 Å². The second-order valence-electron chi connectivity index (χ2n) is 5.35. The highest BCUT2D eigenvalue weighted by molar-refractivity contribution is 7.90. The van der Waals surface area contributed by atoms with Crippen LogP contribution in [0, 0.1) is 13.8 Å².